The monoisotopic (exact) mass is 342 g/mol. The molecule has 0 atom stereocenters. The number of rotatable bonds is 4. The highest BCUT2D eigenvalue weighted by Gasteiger charge is 2.10. The van der Waals surface area contributed by atoms with E-state index in [1.165, 1.54) is 0 Å². The van der Waals surface area contributed by atoms with E-state index in [4.69, 9.17) is 21.1 Å². The van der Waals surface area contributed by atoms with Gasteiger partial charge in [-0.2, -0.15) is 0 Å². The van der Waals surface area contributed by atoms with Gasteiger partial charge in [0.1, 0.15) is 17.2 Å². The van der Waals surface area contributed by atoms with Gasteiger partial charge in [-0.05, 0) is 46.3 Å². The predicted molar refractivity (Wildman–Crippen MR) is 78.1 cm³/mol. The molecule has 0 radical (unpaired) electrons. The van der Waals surface area contributed by atoms with E-state index in [9.17, 15) is 5.11 Å². The highest BCUT2D eigenvalue weighted by molar-refractivity contribution is 9.10. The lowest BCUT2D eigenvalue weighted by atomic mass is 10.2. The Morgan fingerprint density at radius 1 is 1.21 bits per heavy atom. The molecule has 2 rings (SSSR count). The highest BCUT2D eigenvalue weighted by Crippen LogP contribution is 2.35. The number of hydrogen-bond acceptors (Lipinski definition) is 3. The first-order valence-electron chi connectivity index (χ1n) is 5.55. The van der Waals surface area contributed by atoms with Crippen molar-refractivity contribution in [1.82, 2.24) is 0 Å². The maximum atomic E-state index is 9.33. The van der Waals surface area contributed by atoms with Crippen molar-refractivity contribution in [3.05, 3.63) is 51.5 Å². The Bertz CT molecular complexity index is 587. The summed E-state index contributed by atoms with van der Waals surface area (Å²) in [7, 11) is 1.60. The zero-order valence-corrected chi connectivity index (χ0v) is 12.5. The lowest BCUT2D eigenvalue weighted by molar-refractivity contribution is 0.276. The van der Waals surface area contributed by atoms with Crippen LogP contribution in [0.2, 0.25) is 5.02 Å². The van der Waals surface area contributed by atoms with Crippen LogP contribution in [0, 0.1) is 0 Å². The number of ether oxygens (including phenoxy) is 2. The number of aliphatic hydroxyl groups is 1. The van der Waals surface area contributed by atoms with Crippen molar-refractivity contribution in [2.24, 2.45) is 0 Å². The van der Waals surface area contributed by atoms with Gasteiger partial charge in [-0.3, -0.25) is 0 Å². The van der Waals surface area contributed by atoms with Gasteiger partial charge in [0.05, 0.1) is 18.2 Å². The normalized spacial score (nSPS) is 10.3. The van der Waals surface area contributed by atoms with Crippen molar-refractivity contribution in [2.75, 3.05) is 7.11 Å². The van der Waals surface area contributed by atoms with Crippen LogP contribution >= 0.6 is 27.5 Å². The Balaban J connectivity index is 2.34. The zero-order chi connectivity index (χ0) is 13.8. The summed E-state index contributed by atoms with van der Waals surface area (Å²) in [5, 5.41) is 9.81. The van der Waals surface area contributed by atoms with Crippen LogP contribution in [0.25, 0.3) is 0 Å². The molecule has 0 aliphatic carbocycles. The Morgan fingerprint density at radius 2 is 2.00 bits per heavy atom. The van der Waals surface area contributed by atoms with Crippen LogP contribution in [0.15, 0.2) is 40.9 Å². The Kier molecular flexibility index (Phi) is 4.69. The summed E-state index contributed by atoms with van der Waals surface area (Å²) >= 11 is 9.42. The number of aliphatic hydroxyl groups excluding tert-OH is 1. The van der Waals surface area contributed by atoms with Gasteiger partial charge in [-0.1, -0.05) is 17.7 Å². The average molecular weight is 344 g/mol. The van der Waals surface area contributed by atoms with Crippen molar-refractivity contribution in [2.45, 2.75) is 6.61 Å². The van der Waals surface area contributed by atoms with Gasteiger partial charge in [-0.25, -0.2) is 0 Å². The molecular weight excluding hydrogens is 332 g/mol. The number of benzene rings is 2. The van der Waals surface area contributed by atoms with E-state index in [1.54, 1.807) is 43.5 Å². The van der Waals surface area contributed by atoms with E-state index < -0.39 is 0 Å². The van der Waals surface area contributed by atoms with Gasteiger partial charge in [-0.15, -0.1) is 0 Å². The van der Waals surface area contributed by atoms with Crippen LogP contribution in [0.1, 0.15) is 5.56 Å². The molecule has 2 aromatic rings. The number of hydrogen-bond donors (Lipinski definition) is 1. The number of halogens is 2. The highest BCUT2D eigenvalue weighted by atomic mass is 79.9. The third-order valence-corrected chi connectivity index (χ3v) is 3.57. The maximum absolute atomic E-state index is 9.33. The summed E-state index contributed by atoms with van der Waals surface area (Å²) < 4.78 is 11.6. The van der Waals surface area contributed by atoms with Crippen LogP contribution in [0.3, 0.4) is 0 Å². The lowest BCUT2D eigenvalue weighted by Crippen LogP contribution is -1.93. The van der Waals surface area contributed by atoms with E-state index >= 15 is 0 Å². The minimum Gasteiger partial charge on any atom is -0.497 e. The fourth-order valence-corrected chi connectivity index (χ4v) is 2.26. The van der Waals surface area contributed by atoms with Crippen LogP contribution in [-0.2, 0) is 6.61 Å². The van der Waals surface area contributed by atoms with Crippen molar-refractivity contribution in [3.63, 3.8) is 0 Å². The Labute approximate surface area is 124 Å². The molecule has 0 fully saturated rings. The maximum Gasteiger partial charge on any atom is 0.141 e. The molecule has 0 aromatic heterocycles. The molecule has 5 heteroatoms. The molecule has 0 spiro atoms. The molecule has 0 heterocycles. The van der Waals surface area contributed by atoms with E-state index in [0.717, 1.165) is 10.2 Å². The summed E-state index contributed by atoms with van der Waals surface area (Å²) in [4.78, 5) is 0. The fraction of sp³-hybridized carbons (Fsp3) is 0.143. The first-order valence-corrected chi connectivity index (χ1v) is 6.72. The first kappa shape index (κ1) is 14.2. The molecule has 100 valence electrons. The summed E-state index contributed by atoms with van der Waals surface area (Å²) in [6.07, 6.45) is 0. The van der Waals surface area contributed by atoms with Crippen LogP contribution < -0.4 is 9.47 Å². The second kappa shape index (κ2) is 6.28. The molecule has 0 aliphatic rings. The SMILES string of the molecule is COc1ccc(Oc2cccc(Cl)c2CO)c(Br)c1. The number of methoxy groups -OCH3 is 1. The largest absolute Gasteiger partial charge is 0.497 e. The molecule has 3 nitrogen and oxygen atoms in total. The molecule has 0 saturated carbocycles. The molecule has 1 N–H and O–H groups in total. The summed E-state index contributed by atoms with van der Waals surface area (Å²) in [6, 6.07) is 10.6. The topological polar surface area (TPSA) is 38.7 Å². The second-order valence-electron chi connectivity index (χ2n) is 3.77. The van der Waals surface area contributed by atoms with Crippen molar-refractivity contribution in [3.8, 4) is 17.2 Å². The van der Waals surface area contributed by atoms with Crippen molar-refractivity contribution < 1.29 is 14.6 Å². The second-order valence-corrected chi connectivity index (χ2v) is 5.03. The summed E-state index contributed by atoms with van der Waals surface area (Å²) in [5.74, 6) is 1.88. The third-order valence-electron chi connectivity index (χ3n) is 2.59. The molecule has 0 saturated heterocycles. The molecule has 0 amide bonds. The third kappa shape index (κ3) is 3.21. The molecule has 0 aliphatic heterocycles. The van der Waals surface area contributed by atoms with Gasteiger partial charge >= 0.3 is 0 Å². The van der Waals surface area contributed by atoms with Crippen LogP contribution in [0.4, 0.5) is 0 Å². The van der Waals surface area contributed by atoms with E-state index in [0.29, 0.717) is 22.1 Å². The van der Waals surface area contributed by atoms with Gasteiger partial charge in [0.2, 0.25) is 0 Å². The molecule has 0 bridgehead atoms. The summed E-state index contributed by atoms with van der Waals surface area (Å²) in [6.45, 7) is -0.178. The fourth-order valence-electron chi connectivity index (χ4n) is 1.60. The standard InChI is InChI=1S/C14H12BrClO3/c1-18-9-5-6-14(11(15)7-9)19-13-4-2-3-12(16)10(13)8-17/h2-7,17H,8H2,1H3. The van der Waals surface area contributed by atoms with Crippen molar-refractivity contribution in [1.29, 1.82) is 0 Å². The lowest BCUT2D eigenvalue weighted by Gasteiger charge is -2.12. The van der Waals surface area contributed by atoms with Crippen LogP contribution in [-0.4, -0.2) is 12.2 Å². The Morgan fingerprint density at radius 3 is 2.63 bits per heavy atom. The average Bonchev–Trinajstić information content (AvgIpc) is 2.41. The predicted octanol–water partition coefficient (Wildman–Crippen LogP) is 4.40. The minimum atomic E-state index is -0.178. The van der Waals surface area contributed by atoms with Crippen LogP contribution in [0.5, 0.6) is 17.2 Å². The quantitative estimate of drug-likeness (QED) is 0.894. The molecule has 2 aromatic carbocycles. The molecular formula is C14H12BrClO3. The van der Waals surface area contributed by atoms with E-state index in [2.05, 4.69) is 15.9 Å². The van der Waals surface area contributed by atoms with Gasteiger partial charge < -0.3 is 14.6 Å². The molecule has 0 unspecified atom stereocenters. The molecule has 19 heavy (non-hydrogen) atoms. The Hall–Kier alpha value is -1.23. The zero-order valence-electron chi connectivity index (χ0n) is 10.2. The van der Waals surface area contributed by atoms with E-state index in [-0.39, 0.29) is 6.61 Å². The smallest absolute Gasteiger partial charge is 0.141 e. The first-order chi connectivity index (χ1) is 9.15. The minimum absolute atomic E-state index is 0.178. The van der Waals surface area contributed by atoms with Gasteiger partial charge in [0.15, 0.2) is 0 Å². The van der Waals surface area contributed by atoms with Gasteiger partial charge in [0, 0.05) is 10.6 Å². The van der Waals surface area contributed by atoms with E-state index in [1.807, 2.05) is 0 Å². The van der Waals surface area contributed by atoms with Gasteiger partial charge in [0.25, 0.3) is 0 Å². The summed E-state index contributed by atoms with van der Waals surface area (Å²) in [5.41, 5.74) is 0.562. The van der Waals surface area contributed by atoms with Crippen molar-refractivity contribution >= 4 is 27.5 Å².